The molecule has 0 aliphatic heterocycles. The number of rotatable bonds is 26. The number of benzene rings is 1. The van der Waals surface area contributed by atoms with E-state index in [-0.39, 0.29) is 5.95 Å². The Morgan fingerprint density at radius 1 is 0.683 bits per heavy atom. The number of hydrogen-bond acceptors (Lipinski definition) is 7. The Balaban J connectivity index is 1.46. The normalized spacial score (nSPS) is 11.2. The summed E-state index contributed by atoms with van der Waals surface area (Å²) in [7, 11) is 0. The first-order valence-electron chi connectivity index (χ1n) is 16.3. The minimum absolute atomic E-state index is 0.178. The van der Waals surface area contributed by atoms with Crippen molar-refractivity contribution in [1.29, 1.82) is 0 Å². The van der Waals surface area contributed by atoms with Crippen molar-refractivity contribution in [1.82, 2.24) is 15.0 Å². The fourth-order valence-corrected chi connectivity index (χ4v) is 4.87. The van der Waals surface area contributed by atoms with Crippen LogP contribution < -0.4 is 10.6 Å². The van der Waals surface area contributed by atoms with Crippen molar-refractivity contribution in [2.24, 2.45) is 0 Å². The fourth-order valence-electron chi connectivity index (χ4n) is 4.87. The maximum atomic E-state index is 5.95. The lowest BCUT2D eigenvalue weighted by molar-refractivity contribution is 0.0491. The van der Waals surface area contributed by atoms with Crippen molar-refractivity contribution < 1.29 is 9.47 Å². The van der Waals surface area contributed by atoms with Gasteiger partial charge in [0.1, 0.15) is 0 Å². The van der Waals surface area contributed by atoms with E-state index in [0.717, 1.165) is 24.3 Å². The molecule has 2 aromatic rings. The quantitative estimate of drug-likeness (QED) is 0.114. The zero-order valence-electron chi connectivity index (χ0n) is 26.1. The first-order valence-corrected chi connectivity index (χ1v) is 16.3. The second kappa shape index (κ2) is 23.1. The van der Waals surface area contributed by atoms with E-state index in [0.29, 0.717) is 38.1 Å². The summed E-state index contributed by atoms with van der Waals surface area (Å²) in [6, 6.07) is 9.99. The SMILES string of the molecule is C=C(C)c1nc(N)nc(N(CCOCCOCCCCCCCCCCCCCCCCCC)c2ccccc2)n1. The maximum Gasteiger partial charge on any atom is 0.235 e. The molecule has 0 unspecified atom stereocenters. The van der Waals surface area contributed by atoms with Crippen LogP contribution in [0, 0.1) is 0 Å². The number of nitrogen functional groups attached to an aromatic ring is 1. The van der Waals surface area contributed by atoms with Crippen LogP contribution >= 0.6 is 0 Å². The Kier molecular flexibility index (Phi) is 19.5. The van der Waals surface area contributed by atoms with Crippen molar-refractivity contribution in [3.63, 3.8) is 0 Å². The molecule has 0 amide bonds. The largest absolute Gasteiger partial charge is 0.379 e. The highest BCUT2D eigenvalue weighted by Crippen LogP contribution is 2.23. The van der Waals surface area contributed by atoms with Crippen molar-refractivity contribution in [3.05, 3.63) is 42.7 Å². The smallest absolute Gasteiger partial charge is 0.235 e. The third-order valence-corrected chi connectivity index (χ3v) is 7.31. The Hall–Kier alpha value is -2.51. The van der Waals surface area contributed by atoms with E-state index in [2.05, 4.69) is 28.5 Å². The number of unbranched alkanes of at least 4 members (excludes halogenated alkanes) is 15. The van der Waals surface area contributed by atoms with Crippen LogP contribution in [-0.4, -0.2) is 47.9 Å². The number of hydrogen-bond donors (Lipinski definition) is 1. The second-order valence-electron chi connectivity index (χ2n) is 11.1. The summed E-state index contributed by atoms with van der Waals surface area (Å²) in [5.41, 5.74) is 7.66. The molecule has 0 radical (unpaired) electrons. The lowest BCUT2D eigenvalue weighted by atomic mass is 10.0. The number of nitrogens with two attached hydrogens (primary N) is 1. The van der Waals surface area contributed by atoms with Gasteiger partial charge in [0.25, 0.3) is 0 Å². The third kappa shape index (κ3) is 16.5. The summed E-state index contributed by atoms with van der Waals surface area (Å²) in [5.74, 6) is 1.17. The maximum absolute atomic E-state index is 5.95. The van der Waals surface area contributed by atoms with Crippen LogP contribution in [0.15, 0.2) is 36.9 Å². The molecule has 0 aliphatic rings. The van der Waals surface area contributed by atoms with Gasteiger partial charge >= 0.3 is 0 Å². The van der Waals surface area contributed by atoms with Gasteiger partial charge in [-0.05, 0) is 31.1 Å². The summed E-state index contributed by atoms with van der Waals surface area (Å²) >= 11 is 0. The van der Waals surface area contributed by atoms with Crippen LogP contribution in [0.5, 0.6) is 0 Å². The molecule has 1 aromatic carbocycles. The van der Waals surface area contributed by atoms with Crippen LogP contribution in [0.2, 0.25) is 0 Å². The molecule has 230 valence electrons. The van der Waals surface area contributed by atoms with Gasteiger partial charge in [-0.15, -0.1) is 0 Å². The highest BCUT2D eigenvalue weighted by molar-refractivity contribution is 5.61. The van der Waals surface area contributed by atoms with Gasteiger partial charge in [-0.2, -0.15) is 15.0 Å². The Bertz CT molecular complexity index is 925. The molecule has 0 saturated carbocycles. The molecule has 7 heteroatoms. The number of allylic oxidation sites excluding steroid dienone is 1. The number of anilines is 3. The minimum atomic E-state index is 0.178. The van der Waals surface area contributed by atoms with Gasteiger partial charge in [0.05, 0.1) is 19.8 Å². The Morgan fingerprint density at radius 2 is 1.20 bits per heavy atom. The number of aromatic nitrogens is 3. The van der Waals surface area contributed by atoms with Crippen molar-refractivity contribution in [2.45, 2.75) is 117 Å². The molecule has 0 saturated heterocycles. The van der Waals surface area contributed by atoms with Crippen LogP contribution in [-0.2, 0) is 9.47 Å². The van der Waals surface area contributed by atoms with Crippen molar-refractivity contribution in [2.75, 3.05) is 43.6 Å². The first kappa shape index (κ1) is 34.7. The van der Waals surface area contributed by atoms with E-state index >= 15 is 0 Å². The lowest BCUT2D eigenvalue weighted by Gasteiger charge is -2.23. The van der Waals surface area contributed by atoms with E-state index in [4.69, 9.17) is 15.2 Å². The summed E-state index contributed by atoms with van der Waals surface area (Å²) in [6.45, 7) is 11.2. The predicted molar refractivity (Wildman–Crippen MR) is 174 cm³/mol. The van der Waals surface area contributed by atoms with Crippen molar-refractivity contribution in [3.8, 4) is 0 Å². The van der Waals surface area contributed by atoms with E-state index in [1.165, 1.54) is 96.3 Å². The predicted octanol–water partition coefficient (Wildman–Crippen LogP) is 8.92. The van der Waals surface area contributed by atoms with Crippen LogP contribution in [0.1, 0.15) is 122 Å². The summed E-state index contributed by atoms with van der Waals surface area (Å²) in [6.07, 6.45) is 22.1. The molecule has 0 atom stereocenters. The van der Waals surface area contributed by atoms with Crippen LogP contribution in [0.4, 0.5) is 17.6 Å². The monoisotopic (exact) mass is 567 g/mol. The van der Waals surface area contributed by atoms with Crippen molar-refractivity contribution >= 4 is 23.2 Å². The molecule has 2 N–H and O–H groups in total. The molecule has 0 fully saturated rings. The second-order valence-corrected chi connectivity index (χ2v) is 11.1. The molecule has 0 aliphatic carbocycles. The van der Waals surface area contributed by atoms with Gasteiger partial charge in [-0.1, -0.05) is 128 Å². The van der Waals surface area contributed by atoms with Gasteiger partial charge in [-0.3, -0.25) is 0 Å². The van der Waals surface area contributed by atoms with E-state index in [9.17, 15) is 0 Å². The van der Waals surface area contributed by atoms with Gasteiger partial charge < -0.3 is 20.1 Å². The first-order chi connectivity index (χ1) is 20.1. The van der Waals surface area contributed by atoms with Crippen LogP contribution in [0.3, 0.4) is 0 Å². The molecule has 2 rings (SSSR count). The average Bonchev–Trinajstić information content (AvgIpc) is 2.97. The Labute approximate surface area is 250 Å². The van der Waals surface area contributed by atoms with E-state index < -0.39 is 0 Å². The fraction of sp³-hybridized carbons (Fsp3) is 0.676. The number of ether oxygens (including phenoxy) is 2. The molecule has 1 aromatic heterocycles. The number of para-hydroxylation sites is 1. The molecule has 0 spiro atoms. The van der Waals surface area contributed by atoms with Gasteiger partial charge in [0.2, 0.25) is 11.9 Å². The molecular weight excluding hydrogens is 510 g/mol. The number of nitrogens with zero attached hydrogens (tertiary/aromatic N) is 4. The molecule has 0 bridgehead atoms. The molecule has 7 nitrogen and oxygen atoms in total. The summed E-state index contributed by atoms with van der Waals surface area (Å²) in [4.78, 5) is 15.1. The van der Waals surface area contributed by atoms with Gasteiger partial charge in [0, 0.05) is 18.8 Å². The lowest BCUT2D eigenvalue weighted by Crippen LogP contribution is -2.26. The standard InChI is InChI=1S/C34H57N5O2/c1-4-5-6-7-8-9-10-11-12-13-14-15-16-17-18-22-26-40-28-29-41-27-25-39(31-23-20-19-21-24-31)34-37-32(30(2)3)36-33(35)38-34/h19-21,23-24H,2,4-18,22,25-29H2,1,3H3,(H2,35,36,37,38). The van der Waals surface area contributed by atoms with E-state index in [1.54, 1.807) is 0 Å². The topological polar surface area (TPSA) is 86.4 Å². The third-order valence-electron chi connectivity index (χ3n) is 7.31. The highest BCUT2D eigenvalue weighted by Gasteiger charge is 2.15. The summed E-state index contributed by atoms with van der Waals surface area (Å²) in [5, 5.41) is 0. The zero-order chi connectivity index (χ0) is 29.4. The highest BCUT2D eigenvalue weighted by atomic mass is 16.5. The van der Waals surface area contributed by atoms with E-state index in [1.807, 2.05) is 42.2 Å². The summed E-state index contributed by atoms with van der Waals surface area (Å²) < 4.78 is 11.7. The minimum Gasteiger partial charge on any atom is -0.379 e. The van der Waals surface area contributed by atoms with Gasteiger partial charge in [-0.25, -0.2) is 0 Å². The molecule has 1 heterocycles. The van der Waals surface area contributed by atoms with Gasteiger partial charge in [0.15, 0.2) is 5.82 Å². The molecular formula is C34H57N5O2. The van der Waals surface area contributed by atoms with Crippen LogP contribution in [0.25, 0.3) is 5.57 Å². The zero-order valence-corrected chi connectivity index (χ0v) is 26.1. The Morgan fingerprint density at radius 3 is 1.73 bits per heavy atom. The average molecular weight is 568 g/mol. The molecule has 41 heavy (non-hydrogen) atoms.